The molecule has 0 amide bonds. The van der Waals surface area contributed by atoms with Crippen LogP contribution in [0.25, 0.3) is 0 Å². The molecule has 76 valence electrons. The topological polar surface area (TPSA) is 20.2 Å². The summed E-state index contributed by atoms with van der Waals surface area (Å²) in [5.74, 6) is 0. The van der Waals surface area contributed by atoms with Gasteiger partial charge < -0.3 is 5.11 Å². The lowest BCUT2D eigenvalue weighted by Crippen LogP contribution is -1.99. The Morgan fingerprint density at radius 2 is 2.14 bits per heavy atom. The van der Waals surface area contributed by atoms with E-state index in [4.69, 9.17) is 0 Å². The summed E-state index contributed by atoms with van der Waals surface area (Å²) in [6.45, 7) is 5.70. The molecule has 0 fully saturated rings. The minimum atomic E-state index is -0.323. The number of benzene rings is 1. The third-order valence-electron chi connectivity index (χ3n) is 2.43. The first-order valence-electron chi connectivity index (χ1n) is 5.10. The molecule has 0 radical (unpaired) electrons. The van der Waals surface area contributed by atoms with E-state index in [1.165, 1.54) is 5.56 Å². The van der Waals surface area contributed by atoms with E-state index in [9.17, 15) is 5.11 Å². The predicted octanol–water partition coefficient (Wildman–Crippen LogP) is 3.38. The molecule has 1 aromatic rings. The molecule has 14 heavy (non-hydrogen) atoms. The van der Waals surface area contributed by atoms with Gasteiger partial charge in [-0.05, 0) is 37.3 Å². The van der Waals surface area contributed by atoms with Crippen LogP contribution in [-0.4, -0.2) is 5.11 Å². The first-order valence-corrected chi connectivity index (χ1v) is 5.10. The molecule has 0 bridgehead atoms. The second-order valence-electron chi connectivity index (χ2n) is 3.59. The van der Waals surface area contributed by atoms with Crippen molar-refractivity contribution < 1.29 is 5.11 Å². The normalized spacial score (nSPS) is 12.4. The standard InChI is InChI=1S/C13H18O/c1-3-4-5-10-13(14)12-9-7-6-8-11(12)2/h3,6-9,13-14H,1,4-5,10H2,2H3. The van der Waals surface area contributed by atoms with Gasteiger partial charge >= 0.3 is 0 Å². The molecule has 1 heteroatoms. The smallest absolute Gasteiger partial charge is 0.0792 e. The minimum Gasteiger partial charge on any atom is -0.388 e. The number of aliphatic hydroxyl groups excluding tert-OH is 1. The summed E-state index contributed by atoms with van der Waals surface area (Å²) >= 11 is 0. The highest BCUT2D eigenvalue weighted by molar-refractivity contribution is 5.27. The molecule has 0 aromatic heterocycles. The summed E-state index contributed by atoms with van der Waals surface area (Å²) < 4.78 is 0. The lowest BCUT2D eigenvalue weighted by atomic mass is 9.99. The number of hydrogen-bond donors (Lipinski definition) is 1. The Kier molecular flexibility index (Phi) is 4.41. The summed E-state index contributed by atoms with van der Waals surface area (Å²) in [4.78, 5) is 0. The highest BCUT2D eigenvalue weighted by Gasteiger charge is 2.08. The molecule has 0 saturated heterocycles. The van der Waals surface area contributed by atoms with Crippen molar-refractivity contribution >= 4 is 0 Å². The van der Waals surface area contributed by atoms with Crippen LogP contribution < -0.4 is 0 Å². The molecule has 0 aliphatic heterocycles. The summed E-state index contributed by atoms with van der Waals surface area (Å²) in [7, 11) is 0. The number of aliphatic hydroxyl groups is 1. The molecule has 1 rings (SSSR count). The van der Waals surface area contributed by atoms with E-state index < -0.39 is 0 Å². The third kappa shape index (κ3) is 3.00. The first kappa shape index (κ1) is 11.0. The van der Waals surface area contributed by atoms with Gasteiger partial charge in [0.25, 0.3) is 0 Å². The molecule has 0 heterocycles. The van der Waals surface area contributed by atoms with Crippen molar-refractivity contribution in [2.75, 3.05) is 0 Å². The zero-order valence-electron chi connectivity index (χ0n) is 8.74. The SMILES string of the molecule is C=CCCCC(O)c1ccccc1C. The van der Waals surface area contributed by atoms with Crippen molar-refractivity contribution in [2.45, 2.75) is 32.3 Å². The molecule has 0 aliphatic carbocycles. The van der Waals surface area contributed by atoms with Crippen LogP contribution >= 0.6 is 0 Å². The Balaban J connectivity index is 2.55. The number of unbranched alkanes of at least 4 members (excludes halogenated alkanes) is 1. The summed E-state index contributed by atoms with van der Waals surface area (Å²) in [6.07, 6.45) is 4.36. The number of rotatable bonds is 5. The lowest BCUT2D eigenvalue weighted by Gasteiger charge is -2.12. The van der Waals surface area contributed by atoms with Crippen LogP contribution in [0, 0.1) is 6.92 Å². The van der Waals surface area contributed by atoms with Crippen LogP contribution in [0.15, 0.2) is 36.9 Å². The van der Waals surface area contributed by atoms with Gasteiger partial charge in [-0.3, -0.25) is 0 Å². The predicted molar refractivity (Wildman–Crippen MR) is 60.2 cm³/mol. The quantitative estimate of drug-likeness (QED) is 0.557. The number of hydrogen-bond acceptors (Lipinski definition) is 1. The molecule has 0 aliphatic rings. The van der Waals surface area contributed by atoms with Crippen LogP contribution in [0.4, 0.5) is 0 Å². The summed E-state index contributed by atoms with van der Waals surface area (Å²) in [5.41, 5.74) is 2.22. The van der Waals surface area contributed by atoms with Crippen LogP contribution in [0.3, 0.4) is 0 Å². The van der Waals surface area contributed by atoms with E-state index in [1.807, 2.05) is 37.3 Å². The van der Waals surface area contributed by atoms with Gasteiger partial charge in [-0.15, -0.1) is 6.58 Å². The van der Waals surface area contributed by atoms with Crippen molar-refractivity contribution in [3.8, 4) is 0 Å². The van der Waals surface area contributed by atoms with Gasteiger partial charge in [-0.2, -0.15) is 0 Å². The summed E-state index contributed by atoms with van der Waals surface area (Å²) in [6, 6.07) is 7.99. The molecule has 1 N–H and O–H groups in total. The average molecular weight is 190 g/mol. The first-order chi connectivity index (χ1) is 6.75. The molecular formula is C13H18O. The molecule has 1 unspecified atom stereocenters. The van der Waals surface area contributed by atoms with Crippen LogP contribution in [0.5, 0.6) is 0 Å². The van der Waals surface area contributed by atoms with E-state index in [2.05, 4.69) is 6.58 Å². The fourth-order valence-corrected chi connectivity index (χ4v) is 1.57. The lowest BCUT2D eigenvalue weighted by molar-refractivity contribution is 0.164. The minimum absolute atomic E-state index is 0.323. The van der Waals surface area contributed by atoms with E-state index in [1.54, 1.807) is 0 Å². The third-order valence-corrected chi connectivity index (χ3v) is 2.43. The Labute approximate surface area is 86.1 Å². The highest BCUT2D eigenvalue weighted by Crippen LogP contribution is 2.21. The van der Waals surface area contributed by atoms with E-state index >= 15 is 0 Å². The Bertz CT molecular complexity index is 291. The van der Waals surface area contributed by atoms with Crippen LogP contribution in [0.2, 0.25) is 0 Å². The maximum atomic E-state index is 9.89. The zero-order valence-corrected chi connectivity index (χ0v) is 8.74. The number of aryl methyl sites for hydroxylation is 1. The molecular weight excluding hydrogens is 172 g/mol. The molecule has 1 nitrogen and oxygen atoms in total. The van der Waals surface area contributed by atoms with Crippen molar-refractivity contribution in [1.82, 2.24) is 0 Å². The van der Waals surface area contributed by atoms with E-state index in [-0.39, 0.29) is 6.10 Å². The second kappa shape index (κ2) is 5.61. The van der Waals surface area contributed by atoms with Crippen molar-refractivity contribution in [3.05, 3.63) is 48.0 Å². The van der Waals surface area contributed by atoms with Gasteiger partial charge in [0.15, 0.2) is 0 Å². The van der Waals surface area contributed by atoms with Gasteiger partial charge in [-0.1, -0.05) is 30.3 Å². The Hall–Kier alpha value is -1.08. The Morgan fingerprint density at radius 3 is 2.79 bits per heavy atom. The maximum Gasteiger partial charge on any atom is 0.0792 e. The average Bonchev–Trinajstić information content (AvgIpc) is 2.18. The fraction of sp³-hybridized carbons (Fsp3) is 0.385. The second-order valence-corrected chi connectivity index (χ2v) is 3.59. The number of allylic oxidation sites excluding steroid dienone is 1. The molecule has 0 spiro atoms. The van der Waals surface area contributed by atoms with Gasteiger partial charge in [0.05, 0.1) is 6.10 Å². The van der Waals surface area contributed by atoms with Crippen molar-refractivity contribution in [1.29, 1.82) is 0 Å². The molecule has 0 saturated carbocycles. The zero-order chi connectivity index (χ0) is 10.4. The maximum absolute atomic E-state index is 9.89. The fourth-order valence-electron chi connectivity index (χ4n) is 1.57. The summed E-state index contributed by atoms with van der Waals surface area (Å²) in [5, 5.41) is 9.89. The van der Waals surface area contributed by atoms with Gasteiger partial charge in [-0.25, -0.2) is 0 Å². The van der Waals surface area contributed by atoms with Gasteiger partial charge in [0, 0.05) is 0 Å². The highest BCUT2D eigenvalue weighted by atomic mass is 16.3. The van der Waals surface area contributed by atoms with Crippen LogP contribution in [-0.2, 0) is 0 Å². The molecule has 1 atom stereocenters. The van der Waals surface area contributed by atoms with E-state index in [0.29, 0.717) is 0 Å². The van der Waals surface area contributed by atoms with Crippen LogP contribution in [0.1, 0.15) is 36.5 Å². The van der Waals surface area contributed by atoms with Gasteiger partial charge in [0.2, 0.25) is 0 Å². The Morgan fingerprint density at radius 1 is 1.43 bits per heavy atom. The van der Waals surface area contributed by atoms with E-state index in [0.717, 1.165) is 24.8 Å². The molecule has 1 aromatic carbocycles. The largest absolute Gasteiger partial charge is 0.388 e. The van der Waals surface area contributed by atoms with Gasteiger partial charge in [0.1, 0.15) is 0 Å². The monoisotopic (exact) mass is 190 g/mol. The van der Waals surface area contributed by atoms with Crippen molar-refractivity contribution in [3.63, 3.8) is 0 Å². The van der Waals surface area contributed by atoms with Crippen molar-refractivity contribution in [2.24, 2.45) is 0 Å².